The van der Waals surface area contributed by atoms with Gasteiger partial charge in [0.1, 0.15) is 10.6 Å². The fourth-order valence-electron chi connectivity index (χ4n) is 2.53. The quantitative estimate of drug-likeness (QED) is 0.680. The van der Waals surface area contributed by atoms with E-state index in [1.165, 1.54) is 20.2 Å². The summed E-state index contributed by atoms with van der Waals surface area (Å²) < 4.78 is 32.1. The van der Waals surface area contributed by atoms with Gasteiger partial charge in [0.15, 0.2) is 0 Å². The van der Waals surface area contributed by atoms with E-state index in [9.17, 15) is 13.2 Å². The van der Waals surface area contributed by atoms with E-state index in [4.69, 9.17) is 39.5 Å². The summed E-state index contributed by atoms with van der Waals surface area (Å²) in [5.74, 6) is -0.174. The highest BCUT2D eigenvalue weighted by molar-refractivity contribution is 7.89. The fourth-order valence-corrected chi connectivity index (χ4v) is 4.99. The van der Waals surface area contributed by atoms with Crippen LogP contribution in [0.2, 0.25) is 15.1 Å². The van der Waals surface area contributed by atoms with Gasteiger partial charge >= 0.3 is 0 Å². The summed E-state index contributed by atoms with van der Waals surface area (Å²) in [6.45, 7) is 2.77. The van der Waals surface area contributed by atoms with E-state index < -0.39 is 22.5 Å². The van der Waals surface area contributed by atoms with Crippen molar-refractivity contribution in [1.82, 2.24) is 4.31 Å². The number of nitrogens with one attached hydrogen (secondary N) is 1. The highest BCUT2D eigenvalue weighted by Gasteiger charge is 2.29. The Balaban J connectivity index is 2.29. The number of methoxy groups -OCH3 is 1. The Morgan fingerprint density at radius 1 is 1.18 bits per heavy atom. The molecule has 0 aliphatic carbocycles. The summed E-state index contributed by atoms with van der Waals surface area (Å²) >= 11 is 18.3. The third-order valence-corrected chi connectivity index (χ3v) is 7.26. The number of sulfonamides is 1. The summed E-state index contributed by atoms with van der Waals surface area (Å²) in [6, 6.07) is 6.31. The molecule has 10 heteroatoms. The molecule has 2 aromatic rings. The van der Waals surface area contributed by atoms with Gasteiger partial charge in [-0.3, -0.25) is 4.79 Å². The lowest BCUT2D eigenvalue weighted by molar-refractivity contribution is -0.116. The number of hydrogen-bond acceptors (Lipinski definition) is 4. The standard InChI is InChI=1S/C18H19Cl3N2O4S/c1-10-7-13(20)11(2)18(17(10)21)28(25,26)23(3)9-16(24)22-14-8-12(19)5-6-15(14)27-4/h5-8H,9H2,1-4H3,(H,22,24). The molecule has 0 saturated carbocycles. The number of likely N-dealkylation sites (N-methyl/N-ethyl adjacent to an activating group) is 1. The zero-order chi connectivity index (χ0) is 21.2. The van der Waals surface area contributed by atoms with Crippen LogP contribution in [0, 0.1) is 13.8 Å². The predicted molar refractivity (Wildman–Crippen MR) is 112 cm³/mol. The maximum atomic E-state index is 13.0. The van der Waals surface area contributed by atoms with Crippen LogP contribution in [0.4, 0.5) is 5.69 Å². The van der Waals surface area contributed by atoms with E-state index in [0.717, 1.165) is 4.31 Å². The monoisotopic (exact) mass is 464 g/mol. The third kappa shape index (κ3) is 4.72. The molecule has 28 heavy (non-hydrogen) atoms. The minimum absolute atomic E-state index is 0.0747. The number of nitrogens with zero attached hydrogens (tertiary/aromatic N) is 1. The van der Waals surface area contributed by atoms with Gasteiger partial charge in [-0.2, -0.15) is 4.31 Å². The van der Waals surface area contributed by atoms with E-state index in [0.29, 0.717) is 27.6 Å². The molecule has 2 aromatic carbocycles. The SMILES string of the molecule is COc1ccc(Cl)cc1NC(=O)CN(C)S(=O)(=O)c1c(C)c(Cl)cc(C)c1Cl. The molecule has 0 fully saturated rings. The van der Waals surface area contributed by atoms with Crippen LogP contribution in [0.1, 0.15) is 11.1 Å². The van der Waals surface area contributed by atoms with E-state index >= 15 is 0 Å². The van der Waals surface area contributed by atoms with Gasteiger partial charge in [-0.15, -0.1) is 0 Å². The second-order valence-corrected chi connectivity index (χ2v) is 9.30. The molecule has 0 aromatic heterocycles. The molecule has 6 nitrogen and oxygen atoms in total. The normalized spacial score (nSPS) is 11.6. The number of halogens is 3. The topological polar surface area (TPSA) is 75.7 Å². The molecular formula is C18H19Cl3N2O4S. The van der Waals surface area contributed by atoms with Crippen LogP contribution >= 0.6 is 34.8 Å². The molecule has 0 bridgehead atoms. The lowest BCUT2D eigenvalue weighted by atomic mass is 10.2. The molecule has 2 rings (SSSR count). The van der Waals surface area contributed by atoms with Crippen LogP contribution in [-0.4, -0.2) is 39.3 Å². The number of aryl methyl sites for hydroxylation is 1. The van der Waals surface area contributed by atoms with E-state index in [1.54, 1.807) is 32.0 Å². The molecule has 0 spiro atoms. The average Bonchev–Trinajstić information content (AvgIpc) is 2.60. The number of benzene rings is 2. The van der Waals surface area contributed by atoms with Gasteiger partial charge in [0.2, 0.25) is 15.9 Å². The molecule has 0 unspecified atom stereocenters. The fraction of sp³-hybridized carbons (Fsp3) is 0.278. The molecule has 152 valence electrons. The number of hydrogen-bond donors (Lipinski definition) is 1. The third-order valence-electron chi connectivity index (χ3n) is 4.06. The zero-order valence-electron chi connectivity index (χ0n) is 15.6. The Kier molecular flexibility index (Phi) is 7.22. The summed E-state index contributed by atoms with van der Waals surface area (Å²) in [6.07, 6.45) is 0. The number of rotatable bonds is 6. The second-order valence-electron chi connectivity index (χ2n) is 6.10. The minimum atomic E-state index is -4.06. The number of anilines is 1. The Bertz CT molecular complexity index is 1000. The zero-order valence-corrected chi connectivity index (χ0v) is 18.7. The van der Waals surface area contributed by atoms with Crippen LogP contribution in [0.3, 0.4) is 0 Å². The highest BCUT2D eigenvalue weighted by Crippen LogP contribution is 2.35. The summed E-state index contributed by atoms with van der Waals surface area (Å²) in [5.41, 5.74) is 1.18. The van der Waals surface area contributed by atoms with Gasteiger partial charge in [0, 0.05) is 17.1 Å². The predicted octanol–water partition coefficient (Wildman–Crippen LogP) is 4.53. The highest BCUT2D eigenvalue weighted by atomic mass is 35.5. The summed E-state index contributed by atoms with van der Waals surface area (Å²) in [4.78, 5) is 12.3. The van der Waals surface area contributed by atoms with Crippen molar-refractivity contribution in [1.29, 1.82) is 0 Å². The smallest absolute Gasteiger partial charge is 0.245 e. The molecule has 0 aliphatic heterocycles. The molecule has 0 saturated heterocycles. The molecule has 0 heterocycles. The molecular weight excluding hydrogens is 447 g/mol. The van der Waals surface area contributed by atoms with Gasteiger partial charge in [0.05, 0.1) is 24.4 Å². The first-order valence-corrected chi connectivity index (χ1v) is 10.6. The van der Waals surface area contributed by atoms with Crippen molar-refractivity contribution in [3.63, 3.8) is 0 Å². The first kappa shape index (κ1) is 22.8. The molecule has 0 atom stereocenters. The number of ether oxygens (including phenoxy) is 1. The van der Waals surface area contributed by atoms with Crippen molar-refractivity contribution in [2.75, 3.05) is 26.0 Å². The Morgan fingerprint density at radius 3 is 2.43 bits per heavy atom. The van der Waals surface area contributed by atoms with Crippen molar-refractivity contribution in [2.24, 2.45) is 0 Å². The van der Waals surface area contributed by atoms with Crippen LogP contribution < -0.4 is 10.1 Å². The maximum absolute atomic E-state index is 13.0. The first-order valence-electron chi connectivity index (χ1n) is 8.04. The minimum Gasteiger partial charge on any atom is -0.495 e. The van der Waals surface area contributed by atoms with E-state index in [2.05, 4.69) is 5.32 Å². The van der Waals surface area contributed by atoms with Crippen LogP contribution in [-0.2, 0) is 14.8 Å². The van der Waals surface area contributed by atoms with Crippen molar-refractivity contribution in [3.8, 4) is 5.75 Å². The van der Waals surface area contributed by atoms with Gasteiger partial charge < -0.3 is 10.1 Å². The number of carbonyl (C=O) groups is 1. The van der Waals surface area contributed by atoms with Crippen molar-refractivity contribution in [3.05, 3.63) is 50.5 Å². The number of carbonyl (C=O) groups excluding carboxylic acids is 1. The lowest BCUT2D eigenvalue weighted by Crippen LogP contribution is -2.35. The molecule has 1 N–H and O–H groups in total. The molecule has 0 aliphatic rings. The summed E-state index contributed by atoms with van der Waals surface area (Å²) in [7, 11) is -1.32. The van der Waals surface area contributed by atoms with Crippen molar-refractivity contribution in [2.45, 2.75) is 18.7 Å². The van der Waals surface area contributed by atoms with Crippen LogP contribution in [0.25, 0.3) is 0 Å². The van der Waals surface area contributed by atoms with Gasteiger partial charge in [-0.05, 0) is 49.2 Å². The van der Waals surface area contributed by atoms with Gasteiger partial charge in [-0.1, -0.05) is 34.8 Å². The number of amides is 1. The largest absolute Gasteiger partial charge is 0.495 e. The van der Waals surface area contributed by atoms with Crippen LogP contribution in [0.5, 0.6) is 5.75 Å². The Morgan fingerprint density at radius 2 is 1.82 bits per heavy atom. The van der Waals surface area contributed by atoms with E-state index in [1.807, 2.05) is 0 Å². The summed E-state index contributed by atoms with van der Waals surface area (Å²) in [5, 5.41) is 3.35. The Labute approximate surface area is 179 Å². The second kappa shape index (κ2) is 8.88. The average molecular weight is 466 g/mol. The first-order chi connectivity index (χ1) is 13.0. The van der Waals surface area contributed by atoms with Gasteiger partial charge in [0.25, 0.3) is 0 Å². The Hall–Kier alpha value is -1.51. The maximum Gasteiger partial charge on any atom is 0.245 e. The molecule has 1 amide bonds. The van der Waals surface area contributed by atoms with Crippen molar-refractivity contribution < 1.29 is 17.9 Å². The van der Waals surface area contributed by atoms with E-state index in [-0.39, 0.29) is 14.9 Å². The lowest BCUT2D eigenvalue weighted by Gasteiger charge is -2.21. The van der Waals surface area contributed by atoms with Gasteiger partial charge in [-0.25, -0.2) is 8.42 Å². The van der Waals surface area contributed by atoms with Crippen molar-refractivity contribution >= 4 is 56.4 Å². The van der Waals surface area contributed by atoms with Crippen LogP contribution in [0.15, 0.2) is 29.2 Å². The molecule has 0 radical (unpaired) electrons.